The molecule has 4 rings (SSSR count). The van der Waals surface area contributed by atoms with Gasteiger partial charge >= 0.3 is 0 Å². The van der Waals surface area contributed by atoms with E-state index in [0.29, 0.717) is 6.54 Å². The number of aryl methyl sites for hydroxylation is 2. The maximum Gasteiger partial charge on any atom is 0.160 e. The van der Waals surface area contributed by atoms with E-state index in [-0.39, 0.29) is 0 Å². The van der Waals surface area contributed by atoms with Crippen molar-refractivity contribution in [2.45, 2.75) is 27.3 Å². The second kappa shape index (κ2) is 5.28. The van der Waals surface area contributed by atoms with Gasteiger partial charge < -0.3 is 0 Å². The van der Waals surface area contributed by atoms with Gasteiger partial charge in [0.2, 0.25) is 0 Å². The minimum absolute atomic E-state index is 0.526. The molecule has 3 heterocycles. The molecule has 0 radical (unpaired) electrons. The number of rotatable bonds is 1. The molecule has 4 nitrogen and oxygen atoms in total. The molecule has 1 aliphatic rings. The van der Waals surface area contributed by atoms with E-state index in [1.807, 2.05) is 31.2 Å². The first kappa shape index (κ1) is 14.6. The lowest BCUT2D eigenvalue weighted by Gasteiger charge is -2.09. The summed E-state index contributed by atoms with van der Waals surface area (Å²) in [5.41, 5.74) is 4.52. The molecule has 0 aliphatic carbocycles. The largest absolute Gasteiger partial charge is 0.276 e. The fraction of sp³-hybridized carbons (Fsp3) is 0.235. The van der Waals surface area contributed by atoms with Crippen molar-refractivity contribution >= 4 is 28.6 Å². The van der Waals surface area contributed by atoms with Gasteiger partial charge in [0.15, 0.2) is 5.82 Å². The Hall–Kier alpha value is -1.98. The molecule has 0 unspecified atom stereocenters. The van der Waals surface area contributed by atoms with Crippen molar-refractivity contribution in [2.24, 2.45) is 4.99 Å². The highest BCUT2D eigenvalue weighted by molar-refractivity contribution is 7.15. The minimum atomic E-state index is 0.526. The third-order valence-corrected chi connectivity index (χ3v) is 5.64. The van der Waals surface area contributed by atoms with Crippen molar-refractivity contribution in [3.63, 3.8) is 0 Å². The molecule has 0 N–H and O–H groups in total. The first-order valence-corrected chi connectivity index (χ1v) is 8.57. The van der Waals surface area contributed by atoms with Gasteiger partial charge in [0.05, 0.1) is 5.71 Å². The Morgan fingerprint density at radius 2 is 1.83 bits per heavy atom. The topological polar surface area (TPSA) is 43.1 Å². The van der Waals surface area contributed by atoms with E-state index in [4.69, 9.17) is 16.6 Å². The van der Waals surface area contributed by atoms with Crippen molar-refractivity contribution in [1.82, 2.24) is 14.8 Å². The van der Waals surface area contributed by atoms with Gasteiger partial charge in [0.1, 0.15) is 17.4 Å². The molecule has 3 aromatic rings. The standard InChI is InChI=1S/C17H15ClN4S/c1-9-10(2)23-17-15(9)16(12-4-6-13(18)7-5-12)19-8-14-21-20-11(3)22(14)17/h4-7H,8H2,1-3H3. The number of aliphatic imine (C=N–C) groups is 1. The highest BCUT2D eigenvalue weighted by Crippen LogP contribution is 2.36. The van der Waals surface area contributed by atoms with Crippen molar-refractivity contribution in [3.05, 3.63) is 62.5 Å². The lowest BCUT2D eigenvalue weighted by Crippen LogP contribution is -2.07. The molecule has 1 aliphatic heterocycles. The highest BCUT2D eigenvalue weighted by Gasteiger charge is 2.26. The Morgan fingerprint density at radius 1 is 1.09 bits per heavy atom. The molecule has 0 amide bonds. The van der Waals surface area contributed by atoms with E-state index >= 15 is 0 Å². The summed E-state index contributed by atoms with van der Waals surface area (Å²) in [6.45, 7) is 6.81. The number of hydrogen-bond acceptors (Lipinski definition) is 4. The minimum Gasteiger partial charge on any atom is -0.276 e. The van der Waals surface area contributed by atoms with Gasteiger partial charge in [-0.25, -0.2) is 0 Å². The quantitative estimate of drug-likeness (QED) is 0.663. The normalized spacial score (nSPS) is 13.3. The Labute approximate surface area is 143 Å². The van der Waals surface area contributed by atoms with Crippen molar-refractivity contribution in [3.8, 4) is 5.00 Å². The lowest BCUT2D eigenvalue weighted by atomic mass is 10.00. The fourth-order valence-electron chi connectivity index (χ4n) is 2.89. The summed E-state index contributed by atoms with van der Waals surface area (Å²) in [4.78, 5) is 6.14. The van der Waals surface area contributed by atoms with E-state index in [9.17, 15) is 0 Å². The Morgan fingerprint density at radius 3 is 2.57 bits per heavy atom. The molecule has 0 atom stereocenters. The molecule has 0 spiro atoms. The average Bonchev–Trinajstić information content (AvgIpc) is 2.97. The van der Waals surface area contributed by atoms with Crippen LogP contribution in [0.4, 0.5) is 0 Å². The van der Waals surface area contributed by atoms with Crippen LogP contribution in [0.15, 0.2) is 29.3 Å². The lowest BCUT2D eigenvalue weighted by molar-refractivity contribution is 0.869. The zero-order valence-electron chi connectivity index (χ0n) is 13.1. The maximum absolute atomic E-state index is 6.03. The molecule has 6 heteroatoms. The Balaban J connectivity index is 2.00. The summed E-state index contributed by atoms with van der Waals surface area (Å²) < 4.78 is 2.13. The third kappa shape index (κ3) is 2.23. The van der Waals surface area contributed by atoms with Crippen LogP contribution in [-0.2, 0) is 6.54 Å². The Bertz CT molecular complexity index is 934. The van der Waals surface area contributed by atoms with Gasteiger partial charge in [-0.15, -0.1) is 21.5 Å². The van der Waals surface area contributed by atoms with E-state index in [0.717, 1.165) is 32.9 Å². The average molecular weight is 343 g/mol. The highest BCUT2D eigenvalue weighted by atomic mass is 35.5. The van der Waals surface area contributed by atoms with Gasteiger partial charge in [-0.05, 0) is 38.5 Å². The number of hydrogen-bond donors (Lipinski definition) is 0. The van der Waals surface area contributed by atoms with Crippen LogP contribution in [0.1, 0.15) is 33.2 Å². The predicted molar refractivity (Wildman–Crippen MR) is 94.2 cm³/mol. The molecule has 0 fully saturated rings. The van der Waals surface area contributed by atoms with E-state index in [1.54, 1.807) is 11.3 Å². The van der Waals surface area contributed by atoms with Crippen LogP contribution in [0.3, 0.4) is 0 Å². The van der Waals surface area contributed by atoms with Gasteiger partial charge in [-0.2, -0.15) is 0 Å². The van der Waals surface area contributed by atoms with Gasteiger partial charge in [-0.1, -0.05) is 23.7 Å². The molecular weight excluding hydrogens is 328 g/mol. The fourth-order valence-corrected chi connectivity index (χ4v) is 4.24. The zero-order valence-corrected chi connectivity index (χ0v) is 14.7. The summed E-state index contributed by atoms with van der Waals surface area (Å²) in [6, 6.07) is 7.86. The Kier molecular flexibility index (Phi) is 3.36. The SMILES string of the molecule is Cc1sc2c(c1C)C(c1ccc(Cl)cc1)=NCc1nnc(C)n1-2. The molecule has 0 bridgehead atoms. The first-order chi connectivity index (χ1) is 11.1. The molecule has 23 heavy (non-hydrogen) atoms. The monoisotopic (exact) mass is 342 g/mol. The van der Waals surface area contributed by atoms with E-state index in [1.165, 1.54) is 16.0 Å². The molecule has 2 aromatic heterocycles. The smallest absolute Gasteiger partial charge is 0.160 e. The van der Waals surface area contributed by atoms with Crippen LogP contribution < -0.4 is 0 Å². The number of fused-ring (bicyclic) bond motifs is 3. The molecule has 0 saturated carbocycles. The molecule has 116 valence electrons. The van der Waals surface area contributed by atoms with Crippen molar-refractivity contribution in [2.75, 3.05) is 0 Å². The zero-order chi connectivity index (χ0) is 16.1. The van der Waals surface area contributed by atoms with E-state index < -0.39 is 0 Å². The van der Waals surface area contributed by atoms with Gasteiger partial charge in [0.25, 0.3) is 0 Å². The van der Waals surface area contributed by atoms with Crippen molar-refractivity contribution in [1.29, 1.82) is 0 Å². The molecule has 1 aromatic carbocycles. The van der Waals surface area contributed by atoms with Gasteiger partial charge in [0, 0.05) is 21.0 Å². The van der Waals surface area contributed by atoms with Crippen LogP contribution in [0, 0.1) is 20.8 Å². The van der Waals surface area contributed by atoms with Crippen LogP contribution >= 0.6 is 22.9 Å². The van der Waals surface area contributed by atoms with Crippen LogP contribution in [0.5, 0.6) is 0 Å². The number of halogens is 1. The maximum atomic E-state index is 6.03. The number of thiophene rings is 1. The summed E-state index contributed by atoms with van der Waals surface area (Å²) in [7, 11) is 0. The summed E-state index contributed by atoms with van der Waals surface area (Å²) in [5, 5.41) is 10.4. The number of benzene rings is 1. The first-order valence-electron chi connectivity index (χ1n) is 7.38. The van der Waals surface area contributed by atoms with Gasteiger partial charge in [-0.3, -0.25) is 9.56 Å². The summed E-state index contributed by atoms with van der Waals surface area (Å²) in [5.74, 6) is 1.78. The molecular formula is C17H15ClN4S. The predicted octanol–water partition coefficient (Wildman–Crippen LogP) is 4.26. The van der Waals surface area contributed by atoms with Crippen LogP contribution in [-0.4, -0.2) is 20.5 Å². The number of nitrogens with zero attached hydrogens (tertiary/aromatic N) is 4. The van der Waals surface area contributed by atoms with Crippen LogP contribution in [0.2, 0.25) is 5.02 Å². The third-order valence-electron chi connectivity index (χ3n) is 4.19. The molecule has 0 saturated heterocycles. The summed E-state index contributed by atoms with van der Waals surface area (Å²) >= 11 is 7.80. The number of aromatic nitrogens is 3. The van der Waals surface area contributed by atoms with Crippen molar-refractivity contribution < 1.29 is 0 Å². The van der Waals surface area contributed by atoms with Crippen LogP contribution in [0.25, 0.3) is 5.00 Å². The van der Waals surface area contributed by atoms with E-state index in [2.05, 4.69) is 28.6 Å². The second-order valence-electron chi connectivity index (χ2n) is 5.63. The summed E-state index contributed by atoms with van der Waals surface area (Å²) in [6.07, 6.45) is 0. The second-order valence-corrected chi connectivity index (χ2v) is 7.27.